The van der Waals surface area contributed by atoms with Gasteiger partial charge in [0.15, 0.2) is 0 Å². The molecule has 18 heavy (non-hydrogen) atoms. The summed E-state index contributed by atoms with van der Waals surface area (Å²) >= 11 is 0. The van der Waals surface area contributed by atoms with Crippen LogP contribution in [-0.2, 0) is 4.79 Å². The molecule has 4 nitrogen and oxygen atoms in total. The van der Waals surface area contributed by atoms with Gasteiger partial charge in [0.25, 0.3) is 0 Å². The second-order valence-corrected chi connectivity index (χ2v) is 6.04. The van der Waals surface area contributed by atoms with Crippen molar-refractivity contribution in [2.45, 2.75) is 52.1 Å². The minimum Gasteiger partial charge on any atom is -0.343 e. The summed E-state index contributed by atoms with van der Waals surface area (Å²) in [4.78, 5) is 16.3. The summed E-state index contributed by atoms with van der Waals surface area (Å²) in [5, 5.41) is 0. The van der Waals surface area contributed by atoms with Crippen molar-refractivity contribution in [3.8, 4) is 0 Å². The standard InChI is InChI=1S/C14H29N3O/c1-11(2)16(4)10-13-5-7-17(8-6-13)14(18)9-12(3)15/h11-13H,5-10,15H2,1-4H3. The van der Waals surface area contributed by atoms with Gasteiger partial charge in [0.1, 0.15) is 0 Å². The number of likely N-dealkylation sites (tertiary alicyclic amines) is 1. The highest BCUT2D eigenvalue weighted by molar-refractivity contribution is 5.76. The molecule has 2 N–H and O–H groups in total. The fraction of sp³-hybridized carbons (Fsp3) is 0.929. The Morgan fingerprint density at radius 2 is 1.89 bits per heavy atom. The molecule has 1 saturated heterocycles. The zero-order valence-electron chi connectivity index (χ0n) is 12.4. The van der Waals surface area contributed by atoms with Crippen molar-refractivity contribution in [1.82, 2.24) is 9.80 Å². The van der Waals surface area contributed by atoms with Gasteiger partial charge in [-0.05, 0) is 46.6 Å². The lowest BCUT2D eigenvalue weighted by Gasteiger charge is -2.35. The lowest BCUT2D eigenvalue weighted by atomic mass is 9.95. The van der Waals surface area contributed by atoms with Gasteiger partial charge in [0, 0.05) is 38.1 Å². The van der Waals surface area contributed by atoms with Crippen LogP contribution in [0.4, 0.5) is 0 Å². The van der Waals surface area contributed by atoms with Crippen LogP contribution in [0.15, 0.2) is 0 Å². The van der Waals surface area contributed by atoms with Crippen LogP contribution in [0, 0.1) is 5.92 Å². The summed E-state index contributed by atoms with van der Waals surface area (Å²) in [7, 11) is 2.18. The Kier molecular flexibility index (Phi) is 6.09. The summed E-state index contributed by atoms with van der Waals surface area (Å²) in [6.07, 6.45) is 2.74. The van der Waals surface area contributed by atoms with Gasteiger partial charge in [0.2, 0.25) is 5.91 Å². The van der Waals surface area contributed by atoms with Gasteiger partial charge in [-0.25, -0.2) is 0 Å². The molecule has 0 aliphatic carbocycles. The maximum Gasteiger partial charge on any atom is 0.224 e. The molecule has 0 aromatic heterocycles. The van der Waals surface area contributed by atoms with E-state index >= 15 is 0 Å². The quantitative estimate of drug-likeness (QED) is 0.805. The first-order valence-corrected chi connectivity index (χ1v) is 7.13. The molecule has 0 spiro atoms. The van der Waals surface area contributed by atoms with Crippen molar-refractivity contribution in [1.29, 1.82) is 0 Å². The Balaban J connectivity index is 2.30. The van der Waals surface area contributed by atoms with E-state index < -0.39 is 0 Å². The van der Waals surface area contributed by atoms with Crippen LogP contribution in [0.5, 0.6) is 0 Å². The van der Waals surface area contributed by atoms with E-state index in [0.29, 0.717) is 12.5 Å². The molecule has 1 aliphatic rings. The fourth-order valence-electron chi connectivity index (χ4n) is 2.39. The molecule has 106 valence electrons. The molecule has 1 aliphatic heterocycles. The maximum absolute atomic E-state index is 11.9. The SMILES string of the molecule is CC(N)CC(=O)N1CCC(CN(C)C(C)C)CC1. The number of carbonyl (C=O) groups is 1. The predicted octanol–water partition coefficient (Wildman–Crippen LogP) is 1.30. The molecule has 0 radical (unpaired) electrons. The first-order chi connectivity index (χ1) is 8.40. The third kappa shape index (κ3) is 4.94. The topological polar surface area (TPSA) is 49.6 Å². The van der Waals surface area contributed by atoms with E-state index in [9.17, 15) is 4.79 Å². The molecule has 0 aromatic carbocycles. The van der Waals surface area contributed by atoms with Gasteiger partial charge in [0.05, 0.1) is 0 Å². The van der Waals surface area contributed by atoms with Crippen molar-refractivity contribution < 1.29 is 4.79 Å². The summed E-state index contributed by atoms with van der Waals surface area (Å²) in [5.41, 5.74) is 5.67. The molecule has 1 fully saturated rings. The van der Waals surface area contributed by atoms with Gasteiger partial charge >= 0.3 is 0 Å². The smallest absolute Gasteiger partial charge is 0.224 e. The van der Waals surface area contributed by atoms with Crippen LogP contribution >= 0.6 is 0 Å². The summed E-state index contributed by atoms with van der Waals surface area (Å²) in [6.45, 7) is 9.29. The molecule has 1 rings (SSSR count). The van der Waals surface area contributed by atoms with Crippen molar-refractivity contribution in [3.63, 3.8) is 0 Å². The van der Waals surface area contributed by atoms with Gasteiger partial charge in [-0.3, -0.25) is 4.79 Å². The van der Waals surface area contributed by atoms with Crippen molar-refractivity contribution in [2.75, 3.05) is 26.7 Å². The van der Waals surface area contributed by atoms with E-state index in [1.807, 2.05) is 11.8 Å². The Bertz CT molecular complexity index is 258. The predicted molar refractivity (Wildman–Crippen MR) is 75.3 cm³/mol. The zero-order valence-corrected chi connectivity index (χ0v) is 12.4. The number of piperidine rings is 1. The van der Waals surface area contributed by atoms with E-state index in [1.54, 1.807) is 0 Å². The average molecular weight is 255 g/mol. The van der Waals surface area contributed by atoms with Crippen LogP contribution in [0.3, 0.4) is 0 Å². The number of carbonyl (C=O) groups excluding carboxylic acids is 1. The van der Waals surface area contributed by atoms with Crippen LogP contribution in [0.2, 0.25) is 0 Å². The van der Waals surface area contributed by atoms with Crippen LogP contribution < -0.4 is 5.73 Å². The third-order valence-electron chi connectivity index (χ3n) is 3.89. The first kappa shape index (κ1) is 15.4. The van der Waals surface area contributed by atoms with Gasteiger partial charge in [-0.15, -0.1) is 0 Å². The molecule has 1 atom stereocenters. The third-order valence-corrected chi connectivity index (χ3v) is 3.89. The van der Waals surface area contributed by atoms with Crippen LogP contribution in [-0.4, -0.2) is 54.5 Å². The van der Waals surface area contributed by atoms with E-state index in [-0.39, 0.29) is 11.9 Å². The maximum atomic E-state index is 11.9. The minimum absolute atomic E-state index is 0.0257. The van der Waals surface area contributed by atoms with E-state index in [0.717, 1.165) is 38.4 Å². The van der Waals surface area contributed by atoms with E-state index in [1.165, 1.54) is 0 Å². The number of nitrogens with zero attached hydrogens (tertiary/aromatic N) is 2. The lowest BCUT2D eigenvalue weighted by Crippen LogP contribution is -2.43. The second kappa shape index (κ2) is 7.10. The van der Waals surface area contributed by atoms with Crippen LogP contribution in [0.1, 0.15) is 40.0 Å². The van der Waals surface area contributed by atoms with E-state index in [2.05, 4.69) is 25.8 Å². The highest BCUT2D eigenvalue weighted by atomic mass is 16.2. The van der Waals surface area contributed by atoms with Crippen molar-refractivity contribution >= 4 is 5.91 Å². The van der Waals surface area contributed by atoms with Gasteiger partial charge in [-0.2, -0.15) is 0 Å². The average Bonchev–Trinajstić information content (AvgIpc) is 2.28. The fourth-order valence-corrected chi connectivity index (χ4v) is 2.39. The molecular weight excluding hydrogens is 226 g/mol. The number of rotatable bonds is 5. The van der Waals surface area contributed by atoms with Crippen molar-refractivity contribution in [3.05, 3.63) is 0 Å². The largest absolute Gasteiger partial charge is 0.343 e. The van der Waals surface area contributed by atoms with Crippen molar-refractivity contribution in [2.24, 2.45) is 11.7 Å². The summed E-state index contributed by atoms with van der Waals surface area (Å²) in [6, 6.07) is 0.574. The monoisotopic (exact) mass is 255 g/mol. The molecule has 4 heteroatoms. The lowest BCUT2D eigenvalue weighted by molar-refractivity contribution is -0.132. The number of amides is 1. The molecule has 1 heterocycles. The van der Waals surface area contributed by atoms with Gasteiger partial charge in [-0.1, -0.05) is 0 Å². The van der Waals surface area contributed by atoms with E-state index in [4.69, 9.17) is 5.73 Å². The zero-order chi connectivity index (χ0) is 13.7. The Morgan fingerprint density at radius 1 is 1.33 bits per heavy atom. The molecule has 0 bridgehead atoms. The highest BCUT2D eigenvalue weighted by Gasteiger charge is 2.24. The summed E-state index contributed by atoms with van der Waals surface area (Å²) in [5.74, 6) is 0.956. The minimum atomic E-state index is -0.0257. The Labute approximate surface area is 111 Å². The Hall–Kier alpha value is -0.610. The number of hydrogen-bond acceptors (Lipinski definition) is 3. The number of nitrogens with two attached hydrogens (primary N) is 1. The second-order valence-electron chi connectivity index (χ2n) is 6.04. The number of hydrogen-bond donors (Lipinski definition) is 1. The normalized spacial score (nSPS) is 19.6. The molecule has 0 aromatic rings. The molecule has 1 unspecified atom stereocenters. The molecular formula is C14H29N3O. The highest BCUT2D eigenvalue weighted by Crippen LogP contribution is 2.19. The van der Waals surface area contributed by atoms with Crippen LogP contribution in [0.25, 0.3) is 0 Å². The molecule has 0 saturated carbocycles. The Morgan fingerprint density at radius 3 is 2.33 bits per heavy atom. The first-order valence-electron chi connectivity index (χ1n) is 7.13. The summed E-state index contributed by atoms with van der Waals surface area (Å²) < 4.78 is 0. The molecule has 1 amide bonds. The van der Waals surface area contributed by atoms with Gasteiger partial charge < -0.3 is 15.5 Å².